The van der Waals surface area contributed by atoms with Gasteiger partial charge >= 0.3 is 0 Å². The Hall–Kier alpha value is -2.89. The van der Waals surface area contributed by atoms with Crippen molar-refractivity contribution in [2.24, 2.45) is 0 Å². The van der Waals surface area contributed by atoms with Crippen LogP contribution in [0, 0.1) is 0 Å². The highest BCUT2D eigenvalue weighted by molar-refractivity contribution is 5.75. The lowest BCUT2D eigenvalue weighted by atomic mass is 10.1. The normalized spacial score (nSPS) is 10.4. The van der Waals surface area contributed by atoms with Crippen molar-refractivity contribution < 1.29 is 4.74 Å². The maximum Gasteiger partial charge on any atom is 0.253 e. The summed E-state index contributed by atoms with van der Waals surface area (Å²) in [7, 11) is 1.56. The molecule has 0 atom stereocenters. The van der Waals surface area contributed by atoms with Crippen LogP contribution in [-0.4, -0.2) is 26.9 Å². The van der Waals surface area contributed by atoms with E-state index in [2.05, 4.69) is 15.1 Å². The predicted octanol–water partition coefficient (Wildman–Crippen LogP) is 1.92. The Morgan fingerprint density at radius 1 is 1.20 bits per heavy atom. The van der Waals surface area contributed by atoms with Crippen molar-refractivity contribution in [1.82, 2.24) is 19.7 Å². The summed E-state index contributed by atoms with van der Waals surface area (Å²) in [6, 6.07) is 9.32. The molecule has 0 aliphatic heterocycles. The maximum absolute atomic E-state index is 5.96. The fraction of sp³-hybridized carbons (Fsp3) is 0.0714. The Balaban J connectivity index is 2.00. The number of para-hydroxylation sites is 1. The number of benzene rings is 1. The summed E-state index contributed by atoms with van der Waals surface area (Å²) in [5, 5.41) is 4.26. The molecular weight excluding hydrogens is 254 g/mol. The summed E-state index contributed by atoms with van der Waals surface area (Å²) in [6.45, 7) is 0. The largest absolute Gasteiger partial charge is 0.481 e. The second-order valence-electron chi connectivity index (χ2n) is 4.16. The van der Waals surface area contributed by atoms with Gasteiger partial charge in [-0.15, -0.1) is 0 Å². The van der Waals surface area contributed by atoms with E-state index in [1.54, 1.807) is 30.3 Å². The van der Waals surface area contributed by atoms with Gasteiger partial charge in [0, 0.05) is 35.3 Å². The molecule has 20 heavy (non-hydrogen) atoms. The molecule has 0 spiro atoms. The van der Waals surface area contributed by atoms with E-state index in [1.807, 2.05) is 30.5 Å². The van der Waals surface area contributed by atoms with E-state index in [1.165, 1.54) is 0 Å². The number of ether oxygens (including phenoxy) is 1. The van der Waals surface area contributed by atoms with Crippen LogP contribution >= 0.6 is 0 Å². The van der Waals surface area contributed by atoms with Gasteiger partial charge in [-0.05, 0) is 6.07 Å². The lowest BCUT2D eigenvalue weighted by Crippen LogP contribution is -2.02. The van der Waals surface area contributed by atoms with Crippen molar-refractivity contribution in [2.75, 3.05) is 12.8 Å². The van der Waals surface area contributed by atoms with Crippen LogP contribution in [0.2, 0.25) is 0 Å². The highest BCUT2D eigenvalue weighted by Gasteiger charge is 2.08. The van der Waals surface area contributed by atoms with E-state index in [4.69, 9.17) is 10.5 Å². The third-order valence-corrected chi connectivity index (χ3v) is 2.89. The molecule has 2 heterocycles. The number of aromatic nitrogens is 4. The Morgan fingerprint density at radius 3 is 2.85 bits per heavy atom. The smallest absolute Gasteiger partial charge is 0.253 e. The Kier molecular flexibility index (Phi) is 3.04. The zero-order valence-electron chi connectivity index (χ0n) is 10.9. The summed E-state index contributed by atoms with van der Waals surface area (Å²) >= 11 is 0. The molecule has 100 valence electrons. The van der Waals surface area contributed by atoms with Crippen molar-refractivity contribution in [3.8, 4) is 23.0 Å². The molecule has 0 saturated heterocycles. The molecule has 3 rings (SSSR count). The average Bonchev–Trinajstić information content (AvgIpc) is 2.97. The van der Waals surface area contributed by atoms with E-state index in [-0.39, 0.29) is 0 Å². The Morgan fingerprint density at radius 2 is 2.05 bits per heavy atom. The van der Waals surface area contributed by atoms with E-state index in [0.29, 0.717) is 17.5 Å². The molecule has 0 radical (unpaired) electrons. The second-order valence-corrected chi connectivity index (χ2v) is 4.16. The molecule has 1 aromatic carbocycles. The minimum absolute atomic E-state index is 0.449. The van der Waals surface area contributed by atoms with Gasteiger partial charge in [0.2, 0.25) is 5.88 Å². The quantitative estimate of drug-likeness (QED) is 0.733. The van der Waals surface area contributed by atoms with Crippen molar-refractivity contribution in [2.45, 2.75) is 0 Å². The lowest BCUT2D eigenvalue weighted by Gasteiger charge is -2.02. The number of nitrogens with two attached hydrogens (primary N) is 1. The average molecular weight is 267 g/mol. The van der Waals surface area contributed by atoms with Gasteiger partial charge in [-0.3, -0.25) is 0 Å². The summed E-state index contributed by atoms with van der Waals surface area (Å²) in [4.78, 5) is 8.39. The lowest BCUT2D eigenvalue weighted by molar-refractivity contribution is 0.395. The van der Waals surface area contributed by atoms with Crippen LogP contribution in [0.15, 0.2) is 48.9 Å². The van der Waals surface area contributed by atoms with Crippen LogP contribution in [0.3, 0.4) is 0 Å². The summed E-state index contributed by atoms with van der Waals surface area (Å²) < 4.78 is 6.66. The first-order chi connectivity index (χ1) is 9.78. The van der Waals surface area contributed by atoms with Gasteiger partial charge in [0.1, 0.15) is 0 Å². The Labute approximate surface area is 115 Å². The summed E-state index contributed by atoms with van der Waals surface area (Å²) in [6.07, 6.45) is 5.19. The van der Waals surface area contributed by atoms with Crippen LogP contribution in [-0.2, 0) is 0 Å². The third-order valence-electron chi connectivity index (χ3n) is 2.89. The fourth-order valence-electron chi connectivity index (χ4n) is 1.89. The summed E-state index contributed by atoms with van der Waals surface area (Å²) in [5.74, 6) is 0.941. The molecular formula is C14H13N5O. The number of methoxy groups -OCH3 is 1. The highest BCUT2D eigenvalue weighted by atomic mass is 16.5. The number of nitrogens with zero attached hydrogens (tertiary/aromatic N) is 4. The van der Waals surface area contributed by atoms with Gasteiger partial charge in [-0.2, -0.15) is 10.1 Å². The van der Waals surface area contributed by atoms with Gasteiger partial charge in [0.05, 0.1) is 13.3 Å². The van der Waals surface area contributed by atoms with E-state index in [0.717, 1.165) is 11.1 Å². The van der Waals surface area contributed by atoms with E-state index >= 15 is 0 Å². The van der Waals surface area contributed by atoms with Crippen molar-refractivity contribution in [1.29, 1.82) is 0 Å². The van der Waals surface area contributed by atoms with Gasteiger partial charge in [-0.1, -0.05) is 18.2 Å². The van der Waals surface area contributed by atoms with Crippen molar-refractivity contribution in [3.05, 3.63) is 48.9 Å². The SMILES string of the molecule is COc1ccnc(-n2cc(-c3ccccc3N)cn2)n1. The topological polar surface area (TPSA) is 78.9 Å². The number of hydrogen-bond donors (Lipinski definition) is 1. The molecule has 0 bridgehead atoms. The molecule has 2 aromatic heterocycles. The van der Waals surface area contributed by atoms with E-state index < -0.39 is 0 Å². The molecule has 0 unspecified atom stereocenters. The van der Waals surface area contributed by atoms with Crippen molar-refractivity contribution in [3.63, 3.8) is 0 Å². The number of anilines is 1. The first-order valence-electron chi connectivity index (χ1n) is 6.05. The minimum atomic E-state index is 0.449. The molecule has 6 heteroatoms. The van der Waals surface area contributed by atoms with Crippen LogP contribution in [0.1, 0.15) is 0 Å². The molecule has 0 amide bonds. The zero-order valence-corrected chi connectivity index (χ0v) is 10.9. The van der Waals surface area contributed by atoms with Gasteiger partial charge in [-0.25, -0.2) is 9.67 Å². The van der Waals surface area contributed by atoms with Crippen LogP contribution in [0.25, 0.3) is 17.1 Å². The van der Waals surface area contributed by atoms with Gasteiger partial charge < -0.3 is 10.5 Å². The van der Waals surface area contributed by atoms with Gasteiger partial charge in [0.25, 0.3) is 5.95 Å². The molecule has 2 N–H and O–H groups in total. The number of rotatable bonds is 3. The molecule has 3 aromatic rings. The predicted molar refractivity (Wildman–Crippen MR) is 75.6 cm³/mol. The van der Waals surface area contributed by atoms with E-state index in [9.17, 15) is 0 Å². The van der Waals surface area contributed by atoms with Crippen LogP contribution in [0.4, 0.5) is 5.69 Å². The molecule has 0 aliphatic carbocycles. The molecule has 6 nitrogen and oxygen atoms in total. The molecule has 0 saturated carbocycles. The summed E-state index contributed by atoms with van der Waals surface area (Å²) in [5.41, 5.74) is 8.51. The molecule has 0 aliphatic rings. The Bertz CT molecular complexity index is 738. The number of hydrogen-bond acceptors (Lipinski definition) is 5. The maximum atomic E-state index is 5.96. The van der Waals surface area contributed by atoms with Gasteiger partial charge in [0.15, 0.2) is 0 Å². The third kappa shape index (κ3) is 2.18. The van der Waals surface area contributed by atoms with Crippen LogP contribution in [0.5, 0.6) is 5.88 Å². The standard InChI is InChI=1S/C14H13N5O/c1-20-13-6-7-16-14(18-13)19-9-10(8-17-19)11-4-2-3-5-12(11)15/h2-9H,15H2,1H3. The molecule has 0 fully saturated rings. The van der Waals surface area contributed by atoms with Crippen molar-refractivity contribution >= 4 is 5.69 Å². The number of nitrogen functional groups attached to an aromatic ring is 1. The fourth-order valence-corrected chi connectivity index (χ4v) is 1.89. The monoisotopic (exact) mass is 267 g/mol. The first-order valence-corrected chi connectivity index (χ1v) is 6.05. The zero-order chi connectivity index (χ0) is 13.9. The highest BCUT2D eigenvalue weighted by Crippen LogP contribution is 2.25. The first kappa shape index (κ1) is 12.2. The second kappa shape index (κ2) is 5.00. The van der Waals surface area contributed by atoms with Crippen LogP contribution < -0.4 is 10.5 Å². The minimum Gasteiger partial charge on any atom is -0.481 e.